The molecule has 0 bridgehead atoms. The van der Waals surface area contributed by atoms with E-state index in [1.807, 2.05) is 11.4 Å². The quantitative estimate of drug-likeness (QED) is 0.603. The first-order valence-electron chi connectivity index (χ1n) is 5.37. The van der Waals surface area contributed by atoms with Crippen LogP contribution >= 0.6 is 0 Å². The minimum absolute atomic E-state index is 0.260. The first kappa shape index (κ1) is 12.1. The van der Waals surface area contributed by atoms with Gasteiger partial charge in [0.1, 0.15) is 6.04 Å². The van der Waals surface area contributed by atoms with Crippen LogP contribution in [0.1, 0.15) is 5.56 Å². The number of carboxylic acid groups (broad SMARTS) is 1. The van der Waals surface area contributed by atoms with Gasteiger partial charge in [-0.25, -0.2) is 9.59 Å². The number of hydrogen-bond donors (Lipinski definition) is 2. The fraction of sp³-hybridized carbons (Fsp3) is 0.250. The molecule has 2 rings (SSSR count). The summed E-state index contributed by atoms with van der Waals surface area (Å²) in [5, 5.41) is 10.6. The number of hydrogen-bond acceptors (Lipinski definition) is 4. The molecule has 1 fully saturated rings. The molecule has 0 aliphatic carbocycles. The van der Waals surface area contributed by atoms with Gasteiger partial charge in [0.2, 0.25) is 0 Å². The lowest BCUT2D eigenvalue weighted by atomic mass is 9.94. The van der Waals surface area contributed by atoms with Gasteiger partial charge in [-0.05, 0) is 12.0 Å². The minimum atomic E-state index is -1.36. The summed E-state index contributed by atoms with van der Waals surface area (Å²) in [6.45, 7) is 0. The Balaban J connectivity index is 2.16. The van der Waals surface area contributed by atoms with E-state index >= 15 is 0 Å². The second-order valence-electron chi connectivity index (χ2n) is 3.96. The standard InChI is InChI=1S/C12H11NO5/c14-10-8(6-7-4-2-1-3-5-7)9(11(15)18-10)13-12(16)17/h1-5,8-9,13H,6H2,(H,16,17)/t8?,9-/m0/s1. The predicted octanol–water partition coefficient (Wildman–Crippen LogP) is 0.565. The van der Waals surface area contributed by atoms with E-state index in [0.717, 1.165) is 5.56 Å². The first-order chi connectivity index (χ1) is 8.58. The topological polar surface area (TPSA) is 92.7 Å². The molecule has 18 heavy (non-hydrogen) atoms. The Labute approximate surface area is 103 Å². The van der Waals surface area contributed by atoms with Crippen molar-refractivity contribution in [3.63, 3.8) is 0 Å². The summed E-state index contributed by atoms with van der Waals surface area (Å²) in [7, 11) is 0. The molecule has 0 aromatic heterocycles. The van der Waals surface area contributed by atoms with Gasteiger partial charge in [-0.2, -0.15) is 0 Å². The molecular formula is C12H11NO5. The zero-order valence-corrected chi connectivity index (χ0v) is 9.33. The van der Waals surface area contributed by atoms with E-state index in [1.54, 1.807) is 24.3 Å². The fourth-order valence-corrected chi connectivity index (χ4v) is 1.90. The van der Waals surface area contributed by atoms with Crippen molar-refractivity contribution in [2.45, 2.75) is 12.5 Å². The maximum atomic E-state index is 11.5. The van der Waals surface area contributed by atoms with E-state index in [1.165, 1.54) is 0 Å². The number of amides is 1. The molecule has 1 unspecified atom stereocenters. The third-order valence-electron chi connectivity index (χ3n) is 2.74. The molecule has 94 valence electrons. The lowest BCUT2D eigenvalue weighted by Gasteiger charge is -2.13. The van der Waals surface area contributed by atoms with Gasteiger partial charge in [-0.1, -0.05) is 30.3 Å². The van der Waals surface area contributed by atoms with Crippen molar-refractivity contribution < 1.29 is 24.2 Å². The van der Waals surface area contributed by atoms with Crippen LogP contribution in [0.4, 0.5) is 4.79 Å². The third kappa shape index (κ3) is 2.48. The molecule has 2 atom stereocenters. The Hall–Kier alpha value is -2.37. The van der Waals surface area contributed by atoms with Gasteiger partial charge < -0.3 is 15.2 Å². The molecule has 1 amide bonds. The monoisotopic (exact) mass is 249 g/mol. The number of cyclic esters (lactones) is 2. The Morgan fingerprint density at radius 1 is 1.22 bits per heavy atom. The highest BCUT2D eigenvalue weighted by Gasteiger charge is 2.45. The number of ether oxygens (including phenoxy) is 1. The summed E-state index contributed by atoms with van der Waals surface area (Å²) in [5.74, 6) is -2.35. The Morgan fingerprint density at radius 2 is 1.89 bits per heavy atom. The van der Waals surface area contributed by atoms with Gasteiger partial charge in [0.25, 0.3) is 0 Å². The number of esters is 2. The smallest absolute Gasteiger partial charge is 0.405 e. The highest BCUT2D eigenvalue weighted by Crippen LogP contribution is 2.21. The van der Waals surface area contributed by atoms with E-state index in [0.29, 0.717) is 0 Å². The maximum absolute atomic E-state index is 11.5. The van der Waals surface area contributed by atoms with Crippen LogP contribution in [0.5, 0.6) is 0 Å². The summed E-state index contributed by atoms with van der Waals surface area (Å²) >= 11 is 0. The van der Waals surface area contributed by atoms with Crippen molar-refractivity contribution in [2.75, 3.05) is 0 Å². The number of nitrogens with one attached hydrogen (secondary N) is 1. The SMILES string of the molecule is O=C(O)N[C@@H]1C(=O)OC(=O)C1Cc1ccccc1. The van der Waals surface area contributed by atoms with Crippen molar-refractivity contribution >= 4 is 18.0 Å². The van der Waals surface area contributed by atoms with E-state index in [4.69, 9.17) is 5.11 Å². The lowest BCUT2D eigenvalue weighted by molar-refractivity contribution is -0.153. The molecule has 1 aliphatic heterocycles. The second kappa shape index (κ2) is 4.87. The van der Waals surface area contributed by atoms with Gasteiger partial charge in [0, 0.05) is 0 Å². The van der Waals surface area contributed by atoms with E-state index in [9.17, 15) is 14.4 Å². The zero-order chi connectivity index (χ0) is 13.1. The van der Waals surface area contributed by atoms with E-state index in [2.05, 4.69) is 4.74 Å². The van der Waals surface area contributed by atoms with Crippen molar-refractivity contribution in [3.05, 3.63) is 35.9 Å². The number of carbonyl (C=O) groups is 3. The minimum Gasteiger partial charge on any atom is -0.465 e. The van der Waals surface area contributed by atoms with Crippen LogP contribution in [-0.2, 0) is 20.7 Å². The molecule has 0 saturated carbocycles. The van der Waals surface area contributed by atoms with Crippen molar-refractivity contribution in [2.24, 2.45) is 5.92 Å². The van der Waals surface area contributed by atoms with Crippen LogP contribution in [0.3, 0.4) is 0 Å². The first-order valence-corrected chi connectivity index (χ1v) is 5.37. The lowest BCUT2D eigenvalue weighted by Crippen LogP contribution is -2.42. The van der Waals surface area contributed by atoms with Crippen molar-refractivity contribution in [1.82, 2.24) is 5.32 Å². The summed E-state index contributed by atoms with van der Waals surface area (Å²) in [5.41, 5.74) is 0.839. The van der Waals surface area contributed by atoms with Gasteiger partial charge in [0.05, 0.1) is 5.92 Å². The largest absolute Gasteiger partial charge is 0.465 e. The molecular weight excluding hydrogens is 238 g/mol. The van der Waals surface area contributed by atoms with Crippen molar-refractivity contribution in [3.8, 4) is 0 Å². The predicted molar refractivity (Wildman–Crippen MR) is 59.7 cm³/mol. The van der Waals surface area contributed by atoms with Gasteiger partial charge >= 0.3 is 18.0 Å². The van der Waals surface area contributed by atoms with E-state index in [-0.39, 0.29) is 6.42 Å². The molecule has 6 nitrogen and oxygen atoms in total. The van der Waals surface area contributed by atoms with Crippen LogP contribution < -0.4 is 5.32 Å². The molecule has 1 aliphatic rings. The number of carbonyl (C=O) groups excluding carboxylic acids is 2. The second-order valence-corrected chi connectivity index (χ2v) is 3.96. The van der Waals surface area contributed by atoms with Gasteiger partial charge in [-0.3, -0.25) is 4.79 Å². The third-order valence-corrected chi connectivity index (χ3v) is 2.74. The fourth-order valence-electron chi connectivity index (χ4n) is 1.90. The molecule has 1 heterocycles. The highest BCUT2D eigenvalue weighted by molar-refractivity contribution is 6.00. The molecule has 0 radical (unpaired) electrons. The van der Waals surface area contributed by atoms with Crippen molar-refractivity contribution in [1.29, 1.82) is 0 Å². The normalized spacial score (nSPS) is 22.7. The molecule has 1 saturated heterocycles. The Bertz CT molecular complexity index is 485. The van der Waals surface area contributed by atoms with Gasteiger partial charge in [-0.15, -0.1) is 0 Å². The summed E-state index contributed by atoms with van der Waals surface area (Å²) in [4.78, 5) is 33.4. The van der Waals surface area contributed by atoms with Crippen LogP contribution in [0.15, 0.2) is 30.3 Å². The Kier molecular flexibility index (Phi) is 3.27. The summed E-state index contributed by atoms with van der Waals surface area (Å²) in [6, 6.07) is 7.90. The molecule has 1 aromatic rings. The van der Waals surface area contributed by atoms with Crippen LogP contribution in [0, 0.1) is 5.92 Å². The summed E-state index contributed by atoms with van der Waals surface area (Å²) < 4.78 is 4.46. The number of rotatable bonds is 3. The summed E-state index contributed by atoms with van der Waals surface area (Å²) in [6.07, 6.45) is -1.10. The van der Waals surface area contributed by atoms with Crippen LogP contribution in [-0.4, -0.2) is 29.2 Å². The highest BCUT2D eigenvalue weighted by atomic mass is 16.6. The average Bonchev–Trinajstić information content (AvgIpc) is 2.57. The van der Waals surface area contributed by atoms with E-state index < -0.39 is 30.0 Å². The zero-order valence-electron chi connectivity index (χ0n) is 9.33. The van der Waals surface area contributed by atoms with Gasteiger partial charge in [0.15, 0.2) is 0 Å². The number of benzene rings is 1. The average molecular weight is 249 g/mol. The molecule has 6 heteroatoms. The molecule has 2 N–H and O–H groups in total. The van der Waals surface area contributed by atoms with Crippen LogP contribution in [0.2, 0.25) is 0 Å². The molecule has 0 spiro atoms. The molecule has 1 aromatic carbocycles. The Morgan fingerprint density at radius 3 is 2.50 bits per heavy atom. The maximum Gasteiger partial charge on any atom is 0.405 e. The van der Waals surface area contributed by atoms with Crippen LogP contribution in [0.25, 0.3) is 0 Å².